The number of sulfone groups is 1. The Labute approximate surface area is 108 Å². The van der Waals surface area contributed by atoms with Crippen LogP contribution in [0.15, 0.2) is 11.2 Å². The number of carbonyl (C=O) groups excluding carboxylic acids is 1. The molecular weight excluding hydrogens is 252 g/mol. The summed E-state index contributed by atoms with van der Waals surface area (Å²) in [6.45, 7) is 7.61. The highest BCUT2D eigenvalue weighted by Gasteiger charge is 2.25. The maximum atomic E-state index is 12.3. The standard InChI is InChI=1S/C12H20N2O3S/c1-9(2)5-6-18(16,17)12-11(8-15)7-13-14(12)10(3)4/h7-10H,5-6H2,1-4H3. The van der Waals surface area contributed by atoms with Crippen molar-refractivity contribution in [3.05, 3.63) is 11.8 Å². The van der Waals surface area contributed by atoms with Gasteiger partial charge in [0.15, 0.2) is 21.1 Å². The van der Waals surface area contributed by atoms with Gasteiger partial charge >= 0.3 is 0 Å². The van der Waals surface area contributed by atoms with Crippen LogP contribution in [0, 0.1) is 5.92 Å². The Balaban J connectivity index is 3.21. The van der Waals surface area contributed by atoms with Crippen molar-refractivity contribution in [2.24, 2.45) is 5.92 Å². The number of aromatic nitrogens is 2. The van der Waals surface area contributed by atoms with E-state index in [1.54, 1.807) is 0 Å². The number of hydrogen-bond donors (Lipinski definition) is 0. The van der Waals surface area contributed by atoms with E-state index in [-0.39, 0.29) is 22.4 Å². The van der Waals surface area contributed by atoms with E-state index in [1.165, 1.54) is 10.9 Å². The van der Waals surface area contributed by atoms with Gasteiger partial charge in [0.05, 0.1) is 17.5 Å². The summed E-state index contributed by atoms with van der Waals surface area (Å²) in [4.78, 5) is 10.9. The molecule has 102 valence electrons. The predicted molar refractivity (Wildman–Crippen MR) is 69.5 cm³/mol. The van der Waals surface area contributed by atoms with Crippen molar-refractivity contribution in [1.82, 2.24) is 9.78 Å². The molecule has 6 heteroatoms. The highest BCUT2D eigenvalue weighted by molar-refractivity contribution is 7.91. The van der Waals surface area contributed by atoms with Gasteiger partial charge in [-0.3, -0.25) is 9.48 Å². The van der Waals surface area contributed by atoms with Crippen molar-refractivity contribution in [2.75, 3.05) is 5.75 Å². The number of hydrogen-bond acceptors (Lipinski definition) is 4. The molecule has 0 aliphatic carbocycles. The van der Waals surface area contributed by atoms with Crippen LogP contribution in [0.3, 0.4) is 0 Å². The lowest BCUT2D eigenvalue weighted by atomic mass is 10.2. The van der Waals surface area contributed by atoms with Crippen molar-refractivity contribution >= 4 is 16.1 Å². The van der Waals surface area contributed by atoms with Gasteiger partial charge in [-0.25, -0.2) is 8.42 Å². The van der Waals surface area contributed by atoms with Gasteiger partial charge in [-0.2, -0.15) is 5.10 Å². The minimum Gasteiger partial charge on any atom is -0.298 e. The molecule has 1 heterocycles. The maximum Gasteiger partial charge on any atom is 0.196 e. The van der Waals surface area contributed by atoms with Crippen molar-refractivity contribution in [2.45, 2.75) is 45.2 Å². The summed E-state index contributed by atoms with van der Waals surface area (Å²) in [6.07, 6.45) is 2.44. The molecular formula is C12H20N2O3S. The van der Waals surface area contributed by atoms with Crippen LogP contribution in [-0.4, -0.2) is 30.2 Å². The van der Waals surface area contributed by atoms with Gasteiger partial charge in [0, 0.05) is 6.04 Å². The fraction of sp³-hybridized carbons (Fsp3) is 0.667. The lowest BCUT2D eigenvalue weighted by Gasteiger charge is -2.12. The summed E-state index contributed by atoms with van der Waals surface area (Å²) in [5.74, 6) is 0.346. The summed E-state index contributed by atoms with van der Waals surface area (Å²) in [5, 5.41) is 4.04. The van der Waals surface area contributed by atoms with E-state index >= 15 is 0 Å². The number of nitrogens with zero attached hydrogens (tertiary/aromatic N) is 2. The monoisotopic (exact) mass is 272 g/mol. The van der Waals surface area contributed by atoms with Gasteiger partial charge in [-0.05, 0) is 26.2 Å². The summed E-state index contributed by atoms with van der Waals surface area (Å²) in [7, 11) is -3.46. The zero-order valence-electron chi connectivity index (χ0n) is 11.3. The minimum absolute atomic E-state index is 0.0456. The second-order valence-electron chi connectivity index (χ2n) is 5.06. The molecule has 0 fully saturated rings. The Morgan fingerprint density at radius 1 is 1.33 bits per heavy atom. The first-order valence-electron chi connectivity index (χ1n) is 6.05. The van der Waals surface area contributed by atoms with Crippen molar-refractivity contribution in [1.29, 1.82) is 0 Å². The molecule has 18 heavy (non-hydrogen) atoms. The van der Waals surface area contributed by atoms with Crippen LogP contribution >= 0.6 is 0 Å². The quantitative estimate of drug-likeness (QED) is 0.744. The van der Waals surface area contributed by atoms with Crippen molar-refractivity contribution in [3.63, 3.8) is 0 Å². The molecule has 0 aromatic carbocycles. The van der Waals surface area contributed by atoms with Crippen LogP contribution in [0.4, 0.5) is 0 Å². The predicted octanol–water partition coefficient (Wildman–Crippen LogP) is 2.10. The van der Waals surface area contributed by atoms with Gasteiger partial charge in [0.25, 0.3) is 0 Å². The summed E-state index contributed by atoms with van der Waals surface area (Å²) in [6, 6.07) is -0.0949. The fourth-order valence-electron chi connectivity index (χ4n) is 1.62. The van der Waals surface area contributed by atoms with E-state index in [2.05, 4.69) is 5.10 Å². The number of rotatable bonds is 6. The highest BCUT2D eigenvalue weighted by atomic mass is 32.2. The third-order valence-corrected chi connectivity index (χ3v) is 4.44. The van der Waals surface area contributed by atoms with E-state index in [4.69, 9.17) is 0 Å². The lowest BCUT2D eigenvalue weighted by Crippen LogP contribution is -2.17. The van der Waals surface area contributed by atoms with E-state index < -0.39 is 9.84 Å². The average molecular weight is 272 g/mol. The first-order chi connectivity index (χ1) is 8.29. The van der Waals surface area contributed by atoms with Gasteiger partial charge in [-0.1, -0.05) is 13.8 Å². The van der Waals surface area contributed by atoms with Gasteiger partial charge in [-0.15, -0.1) is 0 Å². The Hall–Kier alpha value is -1.17. The third-order valence-electron chi connectivity index (χ3n) is 2.65. The zero-order chi connectivity index (χ0) is 13.9. The first-order valence-corrected chi connectivity index (χ1v) is 7.70. The Morgan fingerprint density at radius 3 is 2.39 bits per heavy atom. The average Bonchev–Trinajstić information content (AvgIpc) is 2.71. The molecule has 0 saturated heterocycles. The Bertz CT molecular complexity index is 515. The van der Waals surface area contributed by atoms with Crippen LogP contribution in [0.5, 0.6) is 0 Å². The molecule has 0 radical (unpaired) electrons. The Kier molecular flexibility index (Phi) is 4.67. The molecule has 0 spiro atoms. The SMILES string of the molecule is CC(C)CCS(=O)(=O)c1c(C=O)cnn1C(C)C. The van der Waals surface area contributed by atoms with Crippen molar-refractivity contribution < 1.29 is 13.2 Å². The molecule has 0 saturated carbocycles. The molecule has 0 atom stereocenters. The van der Waals surface area contributed by atoms with Crippen LogP contribution in [0.25, 0.3) is 0 Å². The van der Waals surface area contributed by atoms with Gasteiger partial charge in [0.2, 0.25) is 0 Å². The lowest BCUT2D eigenvalue weighted by molar-refractivity contribution is 0.112. The molecule has 5 nitrogen and oxygen atoms in total. The third kappa shape index (κ3) is 3.19. The smallest absolute Gasteiger partial charge is 0.196 e. The second-order valence-corrected chi connectivity index (χ2v) is 7.09. The molecule has 0 amide bonds. The maximum absolute atomic E-state index is 12.3. The van der Waals surface area contributed by atoms with E-state index in [1.807, 2.05) is 27.7 Å². The van der Waals surface area contributed by atoms with E-state index in [0.717, 1.165) is 0 Å². The van der Waals surface area contributed by atoms with Crippen LogP contribution in [0.1, 0.15) is 50.5 Å². The molecule has 0 N–H and O–H groups in total. The zero-order valence-corrected chi connectivity index (χ0v) is 12.1. The highest BCUT2D eigenvalue weighted by Crippen LogP contribution is 2.21. The minimum atomic E-state index is -3.46. The number of carbonyl (C=O) groups is 1. The van der Waals surface area contributed by atoms with Gasteiger partial charge < -0.3 is 0 Å². The number of aldehydes is 1. The largest absolute Gasteiger partial charge is 0.298 e. The normalized spacial score (nSPS) is 12.3. The van der Waals surface area contributed by atoms with Gasteiger partial charge in [0.1, 0.15) is 0 Å². The molecule has 0 bridgehead atoms. The van der Waals surface area contributed by atoms with Crippen molar-refractivity contribution in [3.8, 4) is 0 Å². The van der Waals surface area contributed by atoms with Crippen LogP contribution < -0.4 is 0 Å². The molecule has 1 rings (SSSR count). The molecule has 1 aromatic rings. The molecule has 0 aliphatic rings. The van der Waals surface area contributed by atoms with Crippen LogP contribution in [-0.2, 0) is 9.84 Å². The summed E-state index contributed by atoms with van der Waals surface area (Å²) < 4.78 is 26.0. The molecule has 0 unspecified atom stereocenters. The van der Waals surface area contributed by atoms with E-state index in [9.17, 15) is 13.2 Å². The molecule has 0 aliphatic heterocycles. The Morgan fingerprint density at radius 2 is 1.94 bits per heavy atom. The summed E-state index contributed by atoms with van der Waals surface area (Å²) in [5.41, 5.74) is 0.146. The van der Waals surface area contributed by atoms with Crippen LogP contribution in [0.2, 0.25) is 0 Å². The first kappa shape index (κ1) is 14.9. The summed E-state index contributed by atoms with van der Waals surface area (Å²) >= 11 is 0. The van der Waals surface area contributed by atoms with E-state index in [0.29, 0.717) is 18.6 Å². The second kappa shape index (κ2) is 5.65. The molecule has 1 aromatic heterocycles. The fourth-order valence-corrected chi connectivity index (χ4v) is 3.60. The topological polar surface area (TPSA) is 69.0 Å².